The van der Waals surface area contributed by atoms with E-state index >= 15 is 19.2 Å². The molecule has 0 bridgehead atoms. The maximum Gasteiger partial charge on any atom is 0.407 e. The summed E-state index contributed by atoms with van der Waals surface area (Å²) in [5.74, 6) is -9.59. The number of aliphatic hydroxyl groups excluding tert-OH is 1. The Kier molecular flexibility index (Phi) is 38.2. The third kappa shape index (κ3) is 28.2. The summed E-state index contributed by atoms with van der Waals surface area (Å²) in [6.45, 7) is 33.7. The van der Waals surface area contributed by atoms with Gasteiger partial charge in [-0.3, -0.25) is 52.7 Å². The van der Waals surface area contributed by atoms with Gasteiger partial charge in [-0.1, -0.05) is 129 Å². The van der Waals surface area contributed by atoms with Crippen LogP contribution in [0.2, 0.25) is 0 Å². The highest BCUT2D eigenvalue weighted by Crippen LogP contribution is 2.27. The van der Waals surface area contributed by atoms with E-state index in [0.29, 0.717) is 25.8 Å². The van der Waals surface area contributed by atoms with Crippen molar-refractivity contribution in [2.45, 2.75) is 287 Å². The van der Waals surface area contributed by atoms with Crippen LogP contribution in [0.1, 0.15) is 215 Å². The largest absolute Gasteiger partial charge is 0.444 e. The van der Waals surface area contributed by atoms with E-state index in [2.05, 4.69) is 26.6 Å². The lowest BCUT2D eigenvalue weighted by molar-refractivity contribution is -0.157. The fourth-order valence-electron chi connectivity index (χ4n) is 12.3. The summed E-state index contributed by atoms with van der Waals surface area (Å²) >= 11 is 0. The minimum absolute atomic E-state index is 0.00779. The lowest BCUT2D eigenvalue weighted by Crippen LogP contribution is -2.63. The molecular weight excluding hydrogens is 1260 g/mol. The number of nitrogens with zero attached hydrogens (tertiary/aromatic N) is 7. The molecule has 564 valence electrons. The van der Waals surface area contributed by atoms with Crippen LogP contribution in [0, 0.1) is 41.4 Å². The van der Waals surface area contributed by atoms with Gasteiger partial charge in [-0.15, -0.1) is 0 Å². The Morgan fingerprint density at radius 3 is 1.44 bits per heavy atom. The maximum absolute atomic E-state index is 15.4. The van der Waals surface area contributed by atoms with Gasteiger partial charge >= 0.3 is 6.09 Å². The summed E-state index contributed by atoms with van der Waals surface area (Å²) in [4.78, 5) is 183. The molecule has 1 aliphatic heterocycles. The van der Waals surface area contributed by atoms with Crippen LogP contribution in [0.15, 0.2) is 0 Å². The zero-order chi connectivity index (χ0) is 75.7. The summed E-state index contributed by atoms with van der Waals surface area (Å²) in [5, 5.41) is 26.3. The van der Waals surface area contributed by atoms with E-state index in [9.17, 15) is 43.5 Å². The Bertz CT molecular complexity index is 2630. The fourth-order valence-corrected chi connectivity index (χ4v) is 12.3. The molecule has 1 aliphatic rings. The van der Waals surface area contributed by atoms with Gasteiger partial charge in [-0.2, -0.15) is 0 Å². The van der Waals surface area contributed by atoms with Crippen molar-refractivity contribution < 1.29 is 67.4 Å². The molecule has 26 nitrogen and oxygen atoms in total. The summed E-state index contributed by atoms with van der Waals surface area (Å²) in [5.41, 5.74) is -0.605. The number of hydrogen-bond acceptors (Lipinski definition) is 14. The van der Waals surface area contributed by atoms with Gasteiger partial charge in [-0.25, -0.2) is 4.79 Å². The van der Waals surface area contributed by atoms with Gasteiger partial charge in [0, 0.05) is 55.9 Å². The number of rotatable bonds is 23. The molecule has 12 amide bonds. The molecule has 0 aromatic heterocycles. The molecular formula is C72H132N12O14. The van der Waals surface area contributed by atoms with E-state index in [0.717, 1.165) is 41.9 Å². The number of alkyl carbamates (subject to hydrolysis) is 1. The van der Waals surface area contributed by atoms with Crippen molar-refractivity contribution in [2.75, 3.05) is 62.4 Å². The molecule has 1 rings (SSSR count). The summed E-state index contributed by atoms with van der Waals surface area (Å²) in [6, 6.07) is -12.5. The SMILES string of the molecule is CC[C@@H]1NC(=O)[C@H]([C@H](O)[C@H](C)CCCCCCCCNC(=O)OC(C)(C)C)N(C)C(=O)[C@H](C(C)C)N(C)C(=O)[C@H](CC(C)C)N(C)C(=O)[C@H](CC(C)C)N(C)C(=O)[C@H](C)NC(=O)[C@@H](C)NC(=O)[C@@H](CCC(C)C)N(C)C(=O)[C@@H](C(C)C)NC(=O)[C@H](CC(C)C)N(C)C(=O)CN(C)C1=O. The first kappa shape index (κ1) is 89.4. The number of unbranched alkanes of at least 4 members (excludes halogenated alkanes) is 5. The standard InChI is InChI=1S/C72H132N12O14/c1-27-51-66(92)78(20)41-56(85)79(21)53(38-43(4)5)63(89)77-57(46(10)11)69(95)80(22)52(36-35-42(2)3)62(88)74-49(15)61(87)75-50(16)65(91)81(23)54(39-44(6)7)67(93)82(24)55(40-45(8)9)68(94)83(25)58(47(12)13)70(96)84(26)59(64(90)76-51)60(86)48(14)34-32-30-28-29-31-33-37-73-71(97)98-72(17,18)19/h42-55,57-60,86H,27-41H2,1-26H3,(H,73,97)(H,74,88)(H,75,87)(H,76,90)(H,77,89)/t48-,49-,50+,51+,52-,53+,54+,55+,57-,58+,59+,60-/m1/s1. The van der Waals surface area contributed by atoms with Crippen molar-refractivity contribution in [3.05, 3.63) is 0 Å². The van der Waals surface area contributed by atoms with Crippen LogP contribution in [-0.4, -0.2) is 245 Å². The van der Waals surface area contributed by atoms with Crippen LogP contribution in [0.3, 0.4) is 0 Å². The number of likely N-dealkylation sites (N-methyl/N-ethyl adjacent to an activating group) is 7. The molecule has 12 atom stereocenters. The average Bonchev–Trinajstić information content (AvgIpc) is 0.807. The van der Waals surface area contributed by atoms with Crippen molar-refractivity contribution >= 4 is 71.1 Å². The number of hydrogen-bond donors (Lipinski definition) is 6. The third-order valence-corrected chi connectivity index (χ3v) is 18.4. The van der Waals surface area contributed by atoms with Crippen molar-refractivity contribution in [3.63, 3.8) is 0 Å². The number of carbonyl (C=O) groups is 12. The minimum atomic E-state index is -1.63. The quantitative estimate of drug-likeness (QED) is 0.0645. The predicted molar refractivity (Wildman–Crippen MR) is 380 cm³/mol. The van der Waals surface area contributed by atoms with Crippen molar-refractivity contribution in [1.29, 1.82) is 0 Å². The van der Waals surface area contributed by atoms with E-state index in [1.807, 2.05) is 55.4 Å². The molecule has 26 heteroatoms. The Balaban J connectivity index is 4.22. The zero-order valence-electron chi connectivity index (χ0n) is 64.9. The smallest absolute Gasteiger partial charge is 0.407 e. The molecule has 6 N–H and O–H groups in total. The molecule has 0 spiro atoms. The van der Waals surface area contributed by atoms with Gasteiger partial charge in [0.05, 0.1) is 12.6 Å². The number of ether oxygens (including phenoxy) is 1. The molecule has 1 saturated heterocycles. The average molecular weight is 1390 g/mol. The number of aliphatic hydroxyl groups is 1. The zero-order valence-corrected chi connectivity index (χ0v) is 64.9. The van der Waals surface area contributed by atoms with Crippen molar-refractivity contribution in [3.8, 4) is 0 Å². The second kappa shape index (κ2) is 41.8. The highest BCUT2D eigenvalue weighted by atomic mass is 16.6. The van der Waals surface area contributed by atoms with E-state index < -0.39 is 167 Å². The number of carbonyl (C=O) groups excluding carboxylic acids is 12. The van der Waals surface area contributed by atoms with Gasteiger partial charge in [-0.05, 0) is 127 Å². The first-order valence-corrected chi connectivity index (χ1v) is 36.0. The lowest BCUT2D eigenvalue weighted by atomic mass is 9.90. The fraction of sp³-hybridized carbons (Fsp3) is 0.833. The maximum atomic E-state index is 15.4. The lowest BCUT2D eigenvalue weighted by Gasteiger charge is -2.41. The van der Waals surface area contributed by atoms with Crippen LogP contribution >= 0.6 is 0 Å². The molecule has 0 aromatic carbocycles. The molecule has 0 unspecified atom stereocenters. The molecule has 98 heavy (non-hydrogen) atoms. The van der Waals surface area contributed by atoms with E-state index in [1.165, 1.54) is 87.7 Å². The third-order valence-electron chi connectivity index (χ3n) is 18.4. The minimum Gasteiger partial charge on any atom is -0.444 e. The monoisotopic (exact) mass is 1390 g/mol. The van der Waals surface area contributed by atoms with Gasteiger partial charge in [0.1, 0.15) is 66.0 Å². The molecule has 0 radical (unpaired) electrons. The molecule has 0 aromatic rings. The van der Waals surface area contributed by atoms with Crippen LogP contribution in [0.25, 0.3) is 0 Å². The second-order valence-corrected chi connectivity index (χ2v) is 31.0. The first-order valence-electron chi connectivity index (χ1n) is 36.0. The van der Waals surface area contributed by atoms with Gasteiger partial charge in [0.2, 0.25) is 65.0 Å². The Morgan fingerprint density at radius 1 is 0.490 bits per heavy atom. The Labute approximate surface area is 588 Å². The van der Waals surface area contributed by atoms with E-state index in [1.54, 1.807) is 62.3 Å². The summed E-state index contributed by atoms with van der Waals surface area (Å²) < 4.78 is 5.32. The molecule has 1 fully saturated rings. The predicted octanol–water partition coefficient (Wildman–Crippen LogP) is 5.95. The topological polar surface area (TPSA) is 317 Å². The van der Waals surface area contributed by atoms with Crippen LogP contribution < -0.4 is 26.6 Å². The molecule has 0 saturated carbocycles. The Hall–Kier alpha value is -6.60. The number of amides is 12. The molecule has 0 aliphatic carbocycles. The van der Waals surface area contributed by atoms with Crippen LogP contribution in [-0.2, 0) is 57.5 Å². The first-order chi connectivity index (χ1) is 45.2. The van der Waals surface area contributed by atoms with E-state index in [4.69, 9.17) is 4.74 Å². The van der Waals surface area contributed by atoms with E-state index in [-0.39, 0.29) is 55.8 Å². The van der Waals surface area contributed by atoms with Gasteiger partial charge < -0.3 is 70.7 Å². The van der Waals surface area contributed by atoms with Crippen molar-refractivity contribution in [2.24, 2.45) is 41.4 Å². The normalized spacial score (nSPS) is 24.9. The summed E-state index contributed by atoms with van der Waals surface area (Å²) in [7, 11) is 9.97. The van der Waals surface area contributed by atoms with Gasteiger partial charge in [0.25, 0.3) is 0 Å². The highest BCUT2D eigenvalue weighted by molar-refractivity contribution is 5.99. The Morgan fingerprint density at radius 2 is 0.949 bits per heavy atom. The van der Waals surface area contributed by atoms with Crippen molar-refractivity contribution in [1.82, 2.24) is 60.9 Å². The summed E-state index contributed by atoms with van der Waals surface area (Å²) in [6.07, 6.45) is 4.35. The van der Waals surface area contributed by atoms with Crippen LogP contribution in [0.4, 0.5) is 4.79 Å². The van der Waals surface area contributed by atoms with Crippen LogP contribution in [0.5, 0.6) is 0 Å². The van der Waals surface area contributed by atoms with Gasteiger partial charge in [0.15, 0.2) is 0 Å². The highest BCUT2D eigenvalue weighted by Gasteiger charge is 2.46. The molecule has 1 heterocycles. The second-order valence-electron chi connectivity index (χ2n) is 31.0. The number of nitrogens with one attached hydrogen (secondary N) is 5.